The van der Waals surface area contributed by atoms with Crippen molar-refractivity contribution in [2.45, 2.75) is 32.4 Å². The zero-order valence-corrected chi connectivity index (χ0v) is 16.5. The Balaban J connectivity index is 1.64. The average Bonchev–Trinajstić information content (AvgIpc) is 2.68. The molecule has 0 saturated carbocycles. The molecule has 2 aromatic rings. The molecule has 0 amide bonds. The first-order valence-corrected chi connectivity index (χ1v) is 9.74. The first-order valence-electron chi connectivity index (χ1n) is 9.33. The fraction of sp³-hybridized carbons (Fsp3) is 0.409. The lowest BCUT2D eigenvalue weighted by atomic mass is 9.85. The Morgan fingerprint density at radius 2 is 1.77 bits per heavy atom. The van der Waals surface area contributed by atoms with Crippen LogP contribution in [0.4, 0.5) is 0 Å². The predicted molar refractivity (Wildman–Crippen MR) is 112 cm³/mol. The van der Waals surface area contributed by atoms with Crippen LogP contribution < -0.4 is 10.1 Å². The van der Waals surface area contributed by atoms with Crippen LogP contribution in [0.15, 0.2) is 54.6 Å². The molecule has 1 N–H and O–H groups in total. The van der Waals surface area contributed by atoms with Crippen LogP contribution in [0.1, 0.15) is 36.9 Å². The highest BCUT2D eigenvalue weighted by atomic mass is 32.1. The lowest BCUT2D eigenvalue weighted by molar-refractivity contribution is 0.158. The normalized spacial score (nSPS) is 16.8. The second-order valence-corrected chi connectivity index (χ2v) is 7.66. The Morgan fingerprint density at radius 3 is 2.35 bits per heavy atom. The van der Waals surface area contributed by atoms with Gasteiger partial charge < -0.3 is 10.1 Å². The van der Waals surface area contributed by atoms with E-state index in [0.29, 0.717) is 5.92 Å². The minimum Gasteiger partial charge on any atom is -0.497 e. The van der Waals surface area contributed by atoms with E-state index >= 15 is 0 Å². The molecule has 1 heterocycles. The number of hydrogen-bond acceptors (Lipinski definition) is 3. The van der Waals surface area contributed by atoms with Crippen LogP contribution in [0.3, 0.4) is 0 Å². The summed E-state index contributed by atoms with van der Waals surface area (Å²) < 4.78 is 5.29. The highest BCUT2D eigenvalue weighted by Crippen LogP contribution is 2.32. The zero-order valence-electron chi connectivity index (χ0n) is 15.7. The molecule has 0 radical (unpaired) electrons. The van der Waals surface area contributed by atoms with Gasteiger partial charge in [-0.2, -0.15) is 0 Å². The van der Waals surface area contributed by atoms with Gasteiger partial charge in [0, 0.05) is 6.54 Å². The molecule has 0 bridgehead atoms. The van der Waals surface area contributed by atoms with Crippen LogP contribution >= 0.6 is 12.2 Å². The van der Waals surface area contributed by atoms with Crippen LogP contribution in [0, 0.1) is 5.92 Å². The molecule has 1 aliphatic rings. The largest absolute Gasteiger partial charge is 0.497 e. The van der Waals surface area contributed by atoms with Gasteiger partial charge in [0.15, 0.2) is 0 Å². The van der Waals surface area contributed by atoms with Gasteiger partial charge in [0.25, 0.3) is 0 Å². The monoisotopic (exact) mass is 368 g/mol. The summed E-state index contributed by atoms with van der Waals surface area (Å²) in [6, 6.07) is 19.4. The first-order chi connectivity index (χ1) is 12.7. The molecule has 2 aromatic carbocycles. The van der Waals surface area contributed by atoms with Gasteiger partial charge >= 0.3 is 0 Å². The van der Waals surface area contributed by atoms with Crippen LogP contribution in [0.2, 0.25) is 0 Å². The smallest absolute Gasteiger partial charge is 0.118 e. The molecule has 1 aliphatic heterocycles. The fourth-order valence-electron chi connectivity index (χ4n) is 3.79. The van der Waals surface area contributed by atoms with Gasteiger partial charge in [-0.3, -0.25) is 4.90 Å². The molecule has 1 saturated heterocycles. The fourth-order valence-corrected chi connectivity index (χ4v) is 3.92. The SMILES string of the molecule is COc1ccc(C(NC(C)=S)C2CCN(Cc3ccccc3)CC2)cc1. The van der Waals surface area contributed by atoms with Crippen molar-refractivity contribution in [3.63, 3.8) is 0 Å². The Morgan fingerprint density at radius 1 is 1.12 bits per heavy atom. The van der Waals surface area contributed by atoms with Gasteiger partial charge in [-0.25, -0.2) is 0 Å². The minimum absolute atomic E-state index is 0.275. The molecule has 0 aliphatic carbocycles. The van der Waals surface area contributed by atoms with Crippen molar-refractivity contribution >= 4 is 17.2 Å². The molecule has 0 aromatic heterocycles. The topological polar surface area (TPSA) is 24.5 Å². The van der Waals surface area contributed by atoms with E-state index in [0.717, 1.165) is 30.4 Å². The lowest BCUT2D eigenvalue weighted by Crippen LogP contribution is -2.39. The Bertz CT molecular complexity index is 694. The van der Waals surface area contributed by atoms with Gasteiger partial charge in [-0.15, -0.1) is 0 Å². The number of hydrogen-bond donors (Lipinski definition) is 1. The molecule has 1 atom stereocenters. The second-order valence-electron chi connectivity index (χ2n) is 7.05. The summed E-state index contributed by atoms with van der Waals surface area (Å²) in [5.41, 5.74) is 2.68. The molecular weight excluding hydrogens is 340 g/mol. The van der Waals surface area contributed by atoms with Crippen molar-refractivity contribution in [3.05, 3.63) is 65.7 Å². The third-order valence-corrected chi connectivity index (χ3v) is 5.30. The van der Waals surface area contributed by atoms with E-state index in [9.17, 15) is 0 Å². The van der Waals surface area contributed by atoms with Crippen molar-refractivity contribution in [1.29, 1.82) is 0 Å². The molecule has 1 unspecified atom stereocenters. The summed E-state index contributed by atoms with van der Waals surface area (Å²) in [6.07, 6.45) is 2.36. The summed E-state index contributed by atoms with van der Waals surface area (Å²) in [4.78, 5) is 3.42. The van der Waals surface area contributed by atoms with E-state index < -0.39 is 0 Å². The van der Waals surface area contributed by atoms with E-state index in [2.05, 4.69) is 52.7 Å². The van der Waals surface area contributed by atoms with E-state index in [4.69, 9.17) is 17.0 Å². The van der Waals surface area contributed by atoms with Gasteiger partial charge in [-0.1, -0.05) is 54.7 Å². The quantitative estimate of drug-likeness (QED) is 0.754. The van der Waals surface area contributed by atoms with E-state index in [1.54, 1.807) is 7.11 Å². The van der Waals surface area contributed by atoms with E-state index in [1.807, 2.05) is 19.1 Å². The van der Waals surface area contributed by atoms with Gasteiger partial charge in [0.2, 0.25) is 0 Å². The molecule has 1 fully saturated rings. The third kappa shape index (κ3) is 5.05. The van der Waals surface area contributed by atoms with Gasteiger partial charge in [-0.05, 0) is 62.0 Å². The van der Waals surface area contributed by atoms with Crippen molar-refractivity contribution in [3.8, 4) is 5.75 Å². The third-order valence-electron chi connectivity index (χ3n) is 5.19. The highest BCUT2D eigenvalue weighted by Gasteiger charge is 2.27. The standard InChI is InChI=1S/C22H28N2OS/c1-17(26)23-22(19-8-10-21(25-2)11-9-19)20-12-14-24(15-13-20)16-18-6-4-3-5-7-18/h3-11,20,22H,12-16H2,1-2H3,(H,23,26). The van der Waals surface area contributed by atoms with Crippen molar-refractivity contribution < 1.29 is 4.74 Å². The van der Waals surface area contributed by atoms with E-state index in [1.165, 1.54) is 24.0 Å². The van der Waals surface area contributed by atoms with Gasteiger partial charge in [0.1, 0.15) is 5.75 Å². The molecule has 138 valence electrons. The van der Waals surface area contributed by atoms with Crippen LogP contribution in [0.5, 0.6) is 5.75 Å². The predicted octanol–water partition coefficient (Wildman–Crippen LogP) is 4.59. The molecule has 0 spiro atoms. The van der Waals surface area contributed by atoms with Gasteiger partial charge in [0.05, 0.1) is 18.1 Å². The van der Waals surface area contributed by atoms with Crippen molar-refractivity contribution in [2.24, 2.45) is 5.92 Å². The maximum atomic E-state index is 5.35. The molecule has 3 nitrogen and oxygen atoms in total. The first kappa shape index (κ1) is 18.9. The summed E-state index contributed by atoms with van der Waals surface area (Å²) in [6.45, 7) is 5.27. The second kappa shape index (κ2) is 9.15. The van der Waals surface area contributed by atoms with Crippen LogP contribution in [-0.4, -0.2) is 30.1 Å². The Labute approximate surface area is 162 Å². The maximum Gasteiger partial charge on any atom is 0.118 e. The maximum absolute atomic E-state index is 5.35. The summed E-state index contributed by atoms with van der Waals surface area (Å²) in [7, 11) is 1.70. The number of nitrogens with zero attached hydrogens (tertiary/aromatic N) is 1. The Hall–Kier alpha value is -1.91. The number of rotatable bonds is 6. The number of thiocarbonyl (C=S) groups is 1. The number of nitrogens with one attached hydrogen (secondary N) is 1. The van der Waals surface area contributed by atoms with Crippen molar-refractivity contribution in [1.82, 2.24) is 10.2 Å². The number of ether oxygens (including phenoxy) is 1. The zero-order chi connectivity index (χ0) is 18.4. The molecular formula is C22H28N2OS. The number of piperidine rings is 1. The van der Waals surface area contributed by atoms with Crippen LogP contribution in [-0.2, 0) is 6.54 Å². The molecule has 26 heavy (non-hydrogen) atoms. The lowest BCUT2D eigenvalue weighted by Gasteiger charge is -2.37. The number of methoxy groups -OCH3 is 1. The Kier molecular flexibility index (Phi) is 6.64. The molecule has 3 rings (SSSR count). The highest BCUT2D eigenvalue weighted by molar-refractivity contribution is 7.80. The van der Waals surface area contributed by atoms with Crippen LogP contribution in [0.25, 0.3) is 0 Å². The van der Waals surface area contributed by atoms with Crippen molar-refractivity contribution in [2.75, 3.05) is 20.2 Å². The number of benzene rings is 2. The molecule has 4 heteroatoms. The van der Waals surface area contributed by atoms with E-state index in [-0.39, 0.29) is 6.04 Å². The summed E-state index contributed by atoms with van der Waals surface area (Å²) in [5.74, 6) is 1.48. The summed E-state index contributed by atoms with van der Waals surface area (Å²) in [5, 5.41) is 3.54. The summed E-state index contributed by atoms with van der Waals surface area (Å²) >= 11 is 5.35. The minimum atomic E-state index is 0.275. The average molecular weight is 369 g/mol. The number of likely N-dealkylation sites (tertiary alicyclic amines) is 1.